The highest BCUT2D eigenvalue weighted by Gasteiger charge is 2.39. The Morgan fingerprint density at radius 3 is 2.50 bits per heavy atom. The van der Waals surface area contributed by atoms with Gasteiger partial charge in [0.25, 0.3) is 0 Å². The number of methoxy groups -OCH3 is 1. The second-order valence-corrected chi connectivity index (χ2v) is 8.24. The third-order valence-electron chi connectivity index (χ3n) is 4.83. The number of rotatable bonds is 3. The Hall–Kier alpha value is -1.85. The molecule has 1 aliphatic heterocycles. The van der Waals surface area contributed by atoms with Gasteiger partial charge in [-0.05, 0) is 35.6 Å². The van der Waals surface area contributed by atoms with Crippen LogP contribution in [0, 0.1) is 5.92 Å². The van der Waals surface area contributed by atoms with E-state index in [1.807, 2.05) is 37.3 Å². The van der Waals surface area contributed by atoms with E-state index in [1.54, 1.807) is 18.2 Å². The van der Waals surface area contributed by atoms with Gasteiger partial charge < -0.3 is 9.84 Å². The van der Waals surface area contributed by atoms with E-state index in [-0.39, 0.29) is 22.5 Å². The highest BCUT2D eigenvalue weighted by molar-refractivity contribution is 7.91. The van der Waals surface area contributed by atoms with E-state index in [2.05, 4.69) is 0 Å². The van der Waals surface area contributed by atoms with E-state index in [9.17, 15) is 13.5 Å². The lowest BCUT2D eigenvalue weighted by Crippen LogP contribution is -2.29. The molecule has 0 amide bonds. The van der Waals surface area contributed by atoms with Crippen molar-refractivity contribution in [2.45, 2.75) is 30.3 Å². The number of fused-ring (bicyclic) bond motifs is 1. The Morgan fingerprint density at radius 1 is 1.17 bits per heavy atom. The maximum absolute atomic E-state index is 12.9. The molecule has 24 heavy (non-hydrogen) atoms. The van der Waals surface area contributed by atoms with Gasteiger partial charge in [0.1, 0.15) is 5.75 Å². The van der Waals surface area contributed by atoms with Gasteiger partial charge in [0.05, 0.1) is 23.9 Å². The fourth-order valence-electron chi connectivity index (χ4n) is 3.49. The Labute approximate surface area is 143 Å². The molecule has 0 saturated carbocycles. The van der Waals surface area contributed by atoms with Crippen molar-refractivity contribution in [2.24, 2.45) is 5.92 Å². The van der Waals surface area contributed by atoms with Gasteiger partial charge in [0.15, 0.2) is 9.84 Å². The third-order valence-corrected chi connectivity index (χ3v) is 6.72. The molecule has 3 unspecified atom stereocenters. The van der Waals surface area contributed by atoms with Crippen molar-refractivity contribution >= 4 is 9.84 Å². The molecular weight excluding hydrogens is 324 g/mol. The molecular formula is C19H22O4S. The highest BCUT2D eigenvalue weighted by Crippen LogP contribution is 2.41. The molecule has 0 aromatic heterocycles. The van der Waals surface area contributed by atoms with Gasteiger partial charge >= 0.3 is 0 Å². The fraction of sp³-hybridized carbons (Fsp3) is 0.368. The van der Waals surface area contributed by atoms with Crippen molar-refractivity contribution in [1.29, 1.82) is 0 Å². The lowest BCUT2D eigenvalue weighted by atomic mass is 9.81. The summed E-state index contributed by atoms with van der Waals surface area (Å²) < 4.78 is 31.0. The molecule has 1 heterocycles. The Kier molecular flexibility index (Phi) is 4.65. The summed E-state index contributed by atoms with van der Waals surface area (Å²) in [4.78, 5) is 0.269. The molecule has 0 fully saturated rings. The number of benzene rings is 2. The van der Waals surface area contributed by atoms with E-state index in [1.165, 1.54) is 7.11 Å². The molecule has 128 valence electrons. The largest absolute Gasteiger partial charge is 0.497 e. The Bertz CT molecular complexity index is 815. The van der Waals surface area contributed by atoms with Crippen LogP contribution in [0.2, 0.25) is 0 Å². The predicted molar refractivity (Wildman–Crippen MR) is 93.1 cm³/mol. The summed E-state index contributed by atoms with van der Waals surface area (Å²) in [5, 5.41) is 11.0. The van der Waals surface area contributed by atoms with Gasteiger partial charge in [-0.1, -0.05) is 43.3 Å². The van der Waals surface area contributed by atoms with E-state index >= 15 is 0 Å². The summed E-state index contributed by atoms with van der Waals surface area (Å²) in [5.41, 5.74) is 1.57. The van der Waals surface area contributed by atoms with Crippen molar-refractivity contribution in [1.82, 2.24) is 0 Å². The van der Waals surface area contributed by atoms with Crippen molar-refractivity contribution in [3.63, 3.8) is 0 Å². The third kappa shape index (κ3) is 2.94. The number of aliphatic hydroxyl groups is 1. The molecule has 5 heteroatoms. The maximum Gasteiger partial charge on any atom is 0.179 e. The summed E-state index contributed by atoms with van der Waals surface area (Å²) in [5.74, 6) is -0.213. The first-order valence-corrected chi connectivity index (χ1v) is 9.77. The van der Waals surface area contributed by atoms with Crippen LogP contribution in [0.25, 0.3) is 0 Å². The minimum absolute atomic E-state index is 0.0475. The number of aliphatic hydroxyl groups excluding tert-OH is 1. The SMILES string of the molecule is CCC1CS(=O)(=O)c2cc(OC)ccc2C(c2ccccc2)C1O. The van der Waals surface area contributed by atoms with Crippen LogP contribution in [0.5, 0.6) is 5.75 Å². The standard InChI is InChI=1S/C19H22O4S/c1-3-13-12-24(21,22)17-11-15(23-2)9-10-16(17)18(19(13)20)14-7-5-4-6-8-14/h4-11,13,18-20H,3,12H2,1-2H3. The zero-order valence-electron chi connectivity index (χ0n) is 13.8. The van der Waals surface area contributed by atoms with Gasteiger partial charge in [-0.15, -0.1) is 0 Å². The fourth-order valence-corrected chi connectivity index (χ4v) is 5.52. The normalized spacial score (nSPS) is 25.5. The summed E-state index contributed by atoms with van der Waals surface area (Å²) >= 11 is 0. The van der Waals surface area contributed by atoms with Crippen LogP contribution in [-0.4, -0.2) is 32.5 Å². The summed E-state index contributed by atoms with van der Waals surface area (Å²) in [6.45, 7) is 1.92. The molecule has 0 saturated heterocycles. The first kappa shape index (κ1) is 17.0. The molecule has 4 nitrogen and oxygen atoms in total. The lowest BCUT2D eigenvalue weighted by molar-refractivity contribution is 0.100. The van der Waals surface area contributed by atoms with E-state index in [4.69, 9.17) is 4.74 Å². The summed E-state index contributed by atoms with van der Waals surface area (Å²) in [7, 11) is -1.97. The molecule has 0 radical (unpaired) electrons. The van der Waals surface area contributed by atoms with Crippen LogP contribution >= 0.6 is 0 Å². The van der Waals surface area contributed by atoms with Gasteiger partial charge in [0, 0.05) is 5.92 Å². The van der Waals surface area contributed by atoms with E-state index in [0.29, 0.717) is 17.7 Å². The minimum Gasteiger partial charge on any atom is -0.497 e. The number of hydrogen-bond donors (Lipinski definition) is 1. The van der Waals surface area contributed by atoms with E-state index < -0.39 is 15.9 Å². The number of ether oxygens (including phenoxy) is 1. The Morgan fingerprint density at radius 2 is 1.88 bits per heavy atom. The molecule has 3 atom stereocenters. The van der Waals surface area contributed by atoms with Gasteiger partial charge in [-0.25, -0.2) is 8.42 Å². The van der Waals surface area contributed by atoms with Crippen LogP contribution in [0.3, 0.4) is 0 Å². The average Bonchev–Trinajstić information content (AvgIpc) is 2.68. The molecule has 0 spiro atoms. The molecule has 1 N–H and O–H groups in total. The first-order valence-electron chi connectivity index (χ1n) is 8.11. The van der Waals surface area contributed by atoms with Crippen LogP contribution in [0.15, 0.2) is 53.4 Å². The smallest absolute Gasteiger partial charge is 0.179 e. The van der Waals surface area contributed by atoms with Crippen molar-refractivity contribution in [3.05, 3.63) is 59.7 Å². The molecule has 0 bridgehead atoms. The second-order valence-electron chi connectivity index (χ2n) is 6.23. The zero-order chi connectivity index (χ0) is 17.3. The molecule has 2 aromatic rings. The van der Waals surface area contributed by atoms with E-state index in [0.717, 1.165) is 5.56 Å². The quantitative estimate of drug-likeness (QED) is 0.928. The lowest BCUT2D eigenvalue weighted by Gasteiger charge is -2.27. The first-order chi connectivity index (χ1) is 11.5. The average molecular weight is 346 g/mol. The molecule has 2 aromatic carbocycles. The maximum atomic E-state index is 12.9. The summed E-state index contributed by atoms with van der Waals surface area (Å²) in [6.07, 6.45) is -0.142. The predicted octanol–water partition coefficient (Wildman–Crippen LogP) is 3.00. The van der Waals surface area contributed by atoms with Gasteiger partial charge in [-0.2, -0.15) is 0 Å². The van der Waals surface area contributed by atoms with Crippen molar-refractivity contribution in [3.8, 4) is 5.75 Å². The monoisotopic (exact) mass is 346 g/mol. The van der Waals surface area contributed by atoms with Crippen molar-refractivity contribution < 1.29 is 18.3 Å². The van der Waals surface area contributed by atoms with Crippen LogP contribution < -0.4 is 4.74 Å². The molecule has 1 aliphatic rings. The topological polar surface area (TPSA) is 63.6 Å². The van der Waals surface area contributed by atoms with Crippen LogP contribution in [0.1, 0.15) is 30.4 Å². The molecule has 3 rings (SSSR count). The number of sulfone groups is 1. The number of hydrogen-bond acceptors (Lipinski definition) is 4. The Balaban J connectivity index is 2.26. The zero-order valence-corrected chi connectivity index (χ0v) is 14.7. The van der Waals surface area contributed by atoms with Crippen LogP contribution in [-0.2, 0) is 9.84 Å². The van der Waals surface area contributed by atoms with Crippen LogP contribution in [0.4, 0.5) is 0 Å². The second kappa shape index (κ2) is 6.57. The summed E-state index contributed by atoms with van der Waals surface area (Å²) in [6, 6.07) is 14.7. The minimum atomic E-state index is -3.49. The highest BCUT2D eigenvalue weighted by atomic mass is 32.2. The molecule has 0 aliphatic carbocycles. The van der Waals surface area contributed by atoms with Crippen molar-refractivity contribution in [2.75, 3.05) is 12.9 Å². The van der Waals surface area contributed by atoms with Gasteiger partial charge in [-0.3, -0.25) is 0 Å². The van der Waals surface area contributed by atoms with Gasteiger partial charge in [0.2, 0.25) is 0 Å².